The minimum atomic E-state index is -0.925. The number of likely N-dealkylation sites (N-methyl/N-ethyl adjacent to an activating group) is 1. The van der Waals surface area contributed by atoms with Crippen molar-refractivity contribution in [1.29, 1.82) is 0 Å². The molecule has 1 aliphatic rings. The van der Waals surface area contributed by atoms with Gasteiger partial charge in [-0.15, -0.1) is 11.3 Å². The Kier molecular flexibility index (Phi) is 8.58. The molecule has 0 saturated carbocycles. The molecular weight excluding hydrogens is 498 g/mol. The van der Waals surface area contributed by atoms with Gasteiger partial charge in [0.05, 0.1) is 15.9 Å². The van der Waals surface area contributed by atoms with Crippen LogP contribution in [0.5, 0.6) is 0 Å². The summed E-state index contributed by atoms with van der Waals surface area (Å²) in [5.74, 6) is -0.369. The number of carbonyl (C=O) groups is 3. The summed E-state index contributed by atoms with van der Waals surface area (Å²) in [6.45, 7) is 2.32. The third-order valence-corrected chi connectivity index (χ3v) is 7.08. The molecule has 1 atom stereocenters. The summed E-state index contributed by atoms with van der Waals surface area (Å²) in [5.41, 5.74) is 1.93. The molecule has 3 N–H and O–H groups in total. The minimum Gasteiger partial charge on any atom is -0.324 e. The van der Waals surface area contributed by atoms with Gasteiger partial charge in [-0.05, 0) is 67.9 Å². The molecule has 2 heterocycles. The number of anilines is 3. The van der Waals surface area contributed by atoms with Gasteiger partial charge in [0, 0.05) is 18.4 Å². The number of thiophene rings is 1. The quantitative estimate of drug-likeness (QED) is 0.387. The zero-order chi connectivity index (χ0) is 25.5. The van der Waals surface area contributed by atoms with E-state index >= 15 is 0 Å². The summed E-state index contributed by atoms with van der Waals surface area (Å²) in [4.78, 5) is 42.2. The fourth-order valence-electron chi connectivity index (χ4n) is 3.97. The van der Waals surface area contributed by atoms with E-state index < -0.39 is 18.0 Å². The number of carbonyl (C=O) groups excluding carboxylic acids is 3. The van der Waals surface area contributed by atoms with Crippen LogP contribution in [0.4, 0.5) is 21.2 Å². The Morgan fingerprint density at radius 1 is 0.972 bits per heavy atom. The molecule has 3 aromatic rings. The number of amides is 4. The van der Waals surface area contributed by atoms with Gasteiger partial charge in [0.1, 0.15) is 6.04 Å². The molecule has 0 radical (unpaired) electrons. The maximum atomic E-state index is 13.2. The fourth-order valence-corrected chi connectivity index (χ4v) is 4.91. The number of hydrogen-bond donors (Lipinski definition) is 3. The lowest BCUT2D eigenvalue weighted by molar-refractivity contribution is -0.119. The van der Waals surface area contributed by atoms with Crippen molar-refractivity contribution < 1.29 is 14.4 Å². The van der Waals surface area contributed by atoms with Gasteiger partial charge in [0.25, 0.3) is 5.91 Å². The van der Waals surface area contributed by atoms with E-state index in [9.17, 15) is 14.4 Å². The SMILES string of the molecule is CN(C(=O)CN1CCCC1)c1ccc(NC(=O)C(NC(=O)Nc2ccc(Cl)s2)c2ccccc2)cc1. The van der Waals surface area contributed by atoms with Gasteiger partial charge in [-0.1, -0.05) is 41.9 Å². The molecule has 2 aromatic carbocycles. The van der Waals surface area contributed by atoms with Crippen molar-refractivity contribution in [3.05, 3.63) is 76.6 Å². The van der Waals surface area contributed by atoms with Crippen molar-refractivity contribution in [1.82, 2.24) is 10.2 Å². The van der Waals surface area contributed by atoms with E-state index in [2.05, 4.69) is 20.9 Å². The number of nitrogens with zero attached hydrogens (tertiary/aromatic N) is 2. The number of rotatable bonds is 8. The summed E-state index contributed by atoms with van der Waals surface area (Å²) < 4.78 is 0.550. The average molecular weight is 526 g/mol. The van der Waals surface area contributed by atoms with Gasteiger partial charge < -0.3 is 15.5 Å². The van der Waals surface area contributed by atoms with E-state index in [4.69, 9.17) is 11.6 Å². The maximum Gasteiger partial charge on any atom is 0.320 e. The van der Waals surface area contributed by atoms with Gasteiger partial charge in [-0.2, -0.15) is 0 Å². The lowest BCUT2D eigenvalue weighted by Crippen LogP contribution is -2.39. The number of urea groups is 1. The number of likely N-dealkylation sites (tertiary alicyclic amines) is 1. The molecule has 4 amide bonds. The Morgan fingerprint density at radius 2 is 1.67 bits per heavy atom. The van der Waals surface area contributed by atoms with E-state index in [0.717, 1.165) is 31.6 Å². The second kappa shape index (κ2) is 12.0. The number of nitrogens with one attached hydrogen (secondary N) is 3. The molecule has 10 heteroatoms. The smallest absolute Gasteiger partial charge is 0.320 e. The van der Waals surface area contributed by atoms with Crippen molar-refractivity contribution in [2.75, 3.05) is 42.2 Å². The van der Waals surface area contributed by atoms with E-state index in [1.54, 1.807) is 72.6 Å². The highest BCUT2D eigenvalue weighted by Gasteiger charge is 2.24. The van der Waals surface area contributed by atoms with Crippen LogP contribution in [0, 0.1) is 0 Å². The average Bonchev–Trinajstić information content (AvgIpc) is 3.54. The molecule has 8 nitrogen and oxygen atoms in total. The van der Waals surface area contributed by atoms with Gasteiger partial charge in [-0.25, -0.2) is 4.79 Å². The van der Waals surface area contributed by atoms with Crippen molar-refractivity contribution in [3.8, 4) is 0 Å². The Labute approximate surface area is 219 Å². The minimum absolute atomic E-state index is 0.0278. The third kappa shape index (κ3) is 6.84. The first-order valence-electron chi connectivity index (χ1n) is 11.7. The summed E-state index contributed by atoms with van der Waals surface area (Å²) >= 11 is 7.16. The van der Waals surface area contributed by atoms with Crippen LogP contribution >= 0.6 is 22.9 Å². The standard InChI is InChI=1S/C26H28ClN5O3S/c1-31(23(33)17-32-15-5-6-16-32)20-11-9-19(10-12-20)28-25(34)24(18-7-3-2-4-8-18)30-26(35)29-22-14-13-21(27)36-22/h2-4,7-14,24H,5-6,15-17H2,1H3,(H,28,34)(H2,29,30,35). The zero-order valence-electron chi connectivity index (χ0n) is 19.9. The number of hydrogen-bond acceptors (Lipinski definition) is 5. The van der Waals surface area contributed by atoms with Crippen molar-refractivity contribution in [3.63, 3.8) is 0 Å². The first kappa shape index (κ1) is 25.7. The van der Waals surface area contributed by atoms with Gasteiger partial charge in [-0.3, -0.25) is 19.8 Å². The first-order valence-corrected chi connectivity index (χ1v) is 12.9. The van der Waals surface area contributed by atoms with Crippen molar-refractivity contribution in [2.45, 2.75) is 18.9 Å². The van der Waals surface area contributed by atoms with E-state index in [1.807, 2.05) is 6.07 Å². The first-order chi connectivity index (χ1) is 17.4. The molecule has 0 aliphatic carbocycles. The predicted octanol–water partition coefficient (Wildman–Crippen LogP) is 4.96. The highest BCUT2D eigenvalue weighted by Crippen LogP contribution is 2.26. The van der Waals surface area contributed by atoms with Crippen LogP contribution in [0.15, 0.2) is 66.7 Å². The lowest BCUT2D eigenvalue weighted by atomic mass is 10.1. The molecule has 0 spiro atoms. The molecule has 1 aromatic heterocycles. The number of benzene rings is 2. The van der Waals surface area contributed by atoms with E-state index in [-0.39, 0.29) is 5.91 Å². The lowest BCUT2D eigenvalue weighted by Gasteiger charge is -2.22. The number of halogens is 1. The zero-order valence-corrected chi connectivity index (χ0v) is 21.4. The topological polar surface area (TPSA) is 93.8 Å². The van der Waals surface area contributed by atoms with Crippen LogP contribution in [0.1, 0.15) is 24.4 Å². The van der Waals surface area contributed by atoms with Crippen LogP contribution in [-0.2, 0) is 9.59 Å². The molecule has 1 fully saturated rings. The molecule has 1 aliphatic heterocycles. The van der Waals surface area contributed by atoms with Crippen LogP contribution in [0.25, 0.3) is 0 Å². The normalized spacial score (nSPS) is 14.2. The van der Waals surface area contributed by atoms with Crippen LogP contribution in [0.3, 0.4) is 0 Å². The Hall–Kier alpha value is -3.40. The largest absolute Gasteiger partial charge is 0.324 e. The molecule has 36 heavy (non-hydrogen) atoms. The second-order valence-electron chi connectivity index (χ2n) is 8.52. The fraction of sp³-hybridized carbons (Fsp3) is 0.269. The van der Waals surface area contributed by atoms with Crippen LogP contribution < -0.4 is 20.9 Å². The third-order valence-electron chi connectivity index (χ3n) is 5.93. The van der Waals surface area contributed by atoms with Crippen molar-refractivity contribution in [2.24, 2.45) is 0 Å². The summed E-state index contributed by atoms with van der Waals surface area (Å²) in [6.07, 6.45) is 2.27. The van der Waals surface area contributed by atoms with Crippen LogP contribution in [-0.4, -0.2) is 49.4 Å². The molecule has 1 saturated heterocycles. The van der Waals surface area contributed by atoms with Crippen LogP contribution in [0.2, 0.25) is 4.34 Å². The Morgan fingerprint density at radius 3 is 2.31 bits per heavy atom. The predicted molar refractivity (Wildman–Crippen MR) is 145 cm³/mol. The van der Waals surface area contributed by atoms with Gasteiger partial charge in [0.2, 0.25) is 5.91 Å². The molecular formula is C26H28ClN5O3S. The Bertz CT molecular complexity index is 1200. The van der Waals surface area contributed by atoms with Gasteiger partial charge in [0.15, 0.2) is 0 Å². The monoisotopic (exact) mass is 525 g/mol. The molecule has 188 valence electrons. The molecule has 0 bridgehead atoms. The summed E-state index contributed by atoms with van der Waals surface area (Å²) in [7, 11) is 1.75. The summed E-state index contributed by atoms with van der Waals surface area (Å²) in [6, 6.07) is 18.0. The highest BCUT2D eigenvalue weighted by molar-refractivity contribution is 7.20. The second-order valence-corrected chi connectivity index (χ2v) is 10.2. The van der Waals surface area contributed by atoms with E-state index in [0.29, 0.717) is 27.1 Å². The maximum absolute atomic E-state index is 13.2. The van der Waals surface area contributed by atoms with E-state index in [1.165, 1.54) is 11.3 Å². The molecule has 4 rings (SSSR count). The Balaban J connectivity index is 1.40. The highest BCUT2D eigenvalue weighted by atomic mass is 35.5. The van der Waals surface area contributed by atoms with Crippen molar-refractivity contribution >= 4 is 57.2 Å². The summed E-state index contributed by atoms with van der Waals surface area (Å²) in [5, 5.41) is 8.86. The van der Waals surface area contributed by atoms with Gasteiger partial charge >= 0.3 is 6.03 Å². The molecule has 1 unspecified atom stereocenters.